The number of amides is 1. The molecule has 4 rings (SSSR count). The summed E-state index contributed by atoms with van der Waals surface area (Å²) in [5, 5.41) is 14.0. The maximum atomic E-state index is 13.0. The fourth-order valence-corrected chi connectivity index (χ4v) is 3.08. The molecule has 1 amide bonds. The third kappa shape index (κ3) is 4.36. The second kappa shape index (κ2) is 8.03. The molecule has 0 fully saturated rings. The predicted octanol–water partition coefficient (Wildman–Crippen LogP) is 3.94. The Morgan fingerprint density at radius 2 is 1.79 bits per heavy atom. The van der Waals surface area contributed by atoms with Crippen molar-refractivity contribution in [2.24, 2.45) is 0 Å². The fraction of sp³-hybridized carbons (Fsp3) is 0. The molecule has 0 saturated heterocycles. The van der Waals surface area contributed by atoms with Crippen LogP contribution < -0.4 is 10.1 Å². The number of nitrogens with one attached hydrogen (secondary N) is 1. The Morgan fingerprint density at radius 1 is 1.03 bits per heavy atom. The Kier molecular flexibility index (Phi) is 5.12. The molecule has 0 bridgehead atoms. The Labute approximate surface area is 168 Å². The van der Waals surface area contributed by atoms with E-state index >= 15 is 0 Å². The molecule has 9 heteroatoms. The number of benzene rings is 2. The summed E-state index contributed by atoms with van der Waals surface area (Å²) < 4.78 is 19.6. The summed E-state index contributed by atoms with van der Waals surface area (Å²) >= 11 is 1.44. The van der Waals surface area contributed by atoms with Gasteiger partial charge in [0, 0.05) is 11.1 Å². The molecule has 4 aromatic rings. The van der Waals surface area contributed by atoms with Gasteiger partial charge in [-0.25, -0.2) is 13.9 Å². The first kappa shape index (κ1) is 18.5. The first-order valence-corrected chi connectivity index (χ1v) is 9.37. The third-order valence-electron chi connectivity index (χ3n) is 3.90. The van der Waals surface area contributed by atoms with Gasteiger partial charge in [-0.1, -0.05) is 5.21 Å². The van der Waals surface area contributed by atoms with Crippen molar-refractivity contribution < 1.29 is 18.7 Å². The van der Waals surface area contributed by atoms with Crippen LogP contribution in [0.2, 0.25) is 0 Å². The maximum absolute atomic E-state index is 13.0. The van der Waals surface area contributed by atoms with E-state index in [9.17, 15) is 14.0 Å². The zero-order chi connectivity index (χ0) is 20.2. The molecule has 2 aromatic carbocycles. The van der Waals surface area contributed by atoms with Crippen molar-refractivity contribution in [2.45, 2.75) is 0 Å². The topological polar surface area (TPSA) is 86.1 Å². The van der Waals surface area contributed by atoms with Gasteiger partial charge in [-0.05, 0) is 60.0 Å². The van der Waals surface area contributed by atoms with Gasteiger partial charge in [-0.2, -0.15) is 11.3 Å². The molecular weight excluding hydrogens is 395 g/mol. The number of carbonyl (C=O) groups is 2. The lowest BCUT2D eigenvalue weighted by Crippen LogP contribution is -2.11. The summed E-state index contributed by atoms with van der Waals surface area (Å²) in [6.07, 6.45) is 1.39. The van der Waals surface area contributed by atoms with Gasteiger partial charge in [0.25, 0.3) is 5.91 Å². The van der Waals surface area contributed by atoms with Crippen molar-refractivity contribution in [1.29, 1.82) is 0 Å². The van der Waals surface area contributed by atoms with Crippen LogP contribution >= 0.6 is 11.3 Å². The Morgan fingerprint density at radius 3 is 2.48 bits per heavy atom. The minimum absolute atomic E-state index is 0.00385. The predicted molar refractivity (Wildman–Crippen MR) is 105 cm³/mol. The minimum atomic E-state index is -0.687. The number of hydrogen-bond donors (Lipinski definition) is 1. The number of aromatic nitrogens is 3. The smallest absolute Gasteiger partial charge is 0.365 e. The van der Waals surface area contributed by atoms with E-state index in [-0.39, 0.29) is 17.4 Å². The van der Waals surface area contributed by atoms with E-state index < -0.39 is 5.97 Å². The van der Waals surface area contributed by atoms with Gasteiger partial charge in [-0.3, -0.25) is 4.79 Å². The van der Waals surface area contributed by atoms with Crippen LogP contribution in [0.1, 0.15) is 20.8 Å². The van der Waals surface area contributed by atoms with Crippen molar-refractivity contribution in [3.63, 3.8) is 0 Å². The van der Waals surface area contributed by atoms with Crippen molar-refractivity contribution >= 4 is 28.9 Å². The van der Waals surface area contributed by atoms with E-state index in [4.69, 9.17) is 4.74 Å². The maximum Gasteiger partial charge on any atom is 0.365 e. The van der Waals surface area contributed by atoms with Gasteiger partial charge >= 0.3 is 5.97 Å². The van der Waals surface area contributed by atoms with E-state index in [0.717, 1.165) is 0 Å². The van der Waals surface area contributed by atoms with Crippen molar-refractivity contribution in [1.82, 2.24) is 15.0 Å². The third-order valence-corrected chi connectivity index (χ3v) is 4.58. The summed E-state index contributed by atoms with van der Waals surface area (Å²) in [6.45, 7) is 0. The molecule has 0 saturated carbocycles. The fourth-order valence-electron chi connectivity index (χ4n) is 2.44. The van der Waals surface area contributed by atoms with Gasteiger partial charge in [0.15, 0.2) is 5.69 Å². The van der Waals surface area contributed by atoms with Crippen LogP contribution in [0.4, 0.5) is 10.1 Å². The monoisotopic (exact) mass is 408 g/mol. The average Bonchev–Trinajstić information content (AvgIpc) is 3.42. The molecule has 0 aliphatic carbocycles. The zero-order valence-electron chi connectivity index (χ0n) is 14.8. The van der Waals surface area contributed by atoms with E-state index in [1.165, 1.54) is 46.5 Å². The van der Waals surface area contributed by atoms with Gasteiger partial charge in [0.1, 0.15) is 11.6 Å². The van der Waals surface area contributed by atoms with Crippen LogP contribution in [0.5, 0.6) is 5.75 Å². The quantitative estimate of drug-likeness (QED) is 0.399. The van der Waals surface area contributed by atoms with Crippen LogP contribution in [0.15, 0.2) is 71.6 Å². The lowest BCUT2D eigenvalue weighted by molar-refractivity contribution is 0.0728. The number of thiophene rings is 1. The number of ether oxygens (including phenoxy) is 1. The largest absolute Gasteiger partial charge is 0.422 e. The Bertz CT molecular complexity index is 1140. The number of rotatable bonds is 5. The number of esters is 1. The van der Waals surface area contributed by atoms with Gasteiger partial charge < -0.3 is 10.1 Å². The normalized spacial score (nSPS) is 10.5. The number of hydrogen-bond acceptors (Lipinski definition) is 6. The molecular formula is C20H13FN4O3S. The van der Waals surface area contributed by atoms with Gasteiger partial charge in [-0.15, -0.1) is 5.10 Å². The molecule has 7 nitrogen and oxygen atoms in total. The molecule has 0 atom stereocenters. The summed E-state index contributed by atoms with van der Waals surface area (Å²) in [4.78, 5) is 24.3. The summed E-state index contributed by atoms with van der Waals surface area (Å²) in [5.41, 5.74) is 1.71. The highest BCUT2D eigenvalue weighted by molar-refractivity contribution is 7.08. The lowest BCUT2D eigenvalue weighted by Gasteiger charge is -2.06. The summed E-state index contributed by atoms with van der Waals surface area (Å²) in [7, 11) is 0. The minimum Gasteiger partial charge on any atom is -0.422 e. The number of anilines is 1. The molecule has 0 spiro atoms. The first-order chi connectivity index (χ1) is 14.1. The highest BCUT2D eigenvalue weighted by atomic mass is 32.1. The highest BCUT2D eigenvalue weighted by Gasteiger charge is 2.14. The zero-order valence-corrected chi connectivity index (χ0v) is 15.6. The van der Waals surface area contributed by atoms with Crippen molar-refractivity contribution in [3.8, 4) is 11.4 Å². The molecule has 2 heterocycles. The van der Waals surface area contributed by atoms with Crippen LogP contribution in [0.25, 0.3) is 5.69 Å². The second-order valence-corrected chi connectivity index (χ2v) is 6.68. The van der Waals surface area contributed by atoms with Crippen LogP contribution in [-0.4, -0.2) is 26.9 Å². The molecule has 0 radical (unpaired) electrons. The highest BCUT2D eigenvalue weighted by Crippen LogP contribution is 2.18. The van der Waals surface area contributed by atoms with Crippen LogP contribution in [0.3, 0.4) is 0 Å². The van der Waals surface area contributed by atoms with Crippen LogP contribution in [0, 0.1) is 5.82 Å². The molecule has 1 N–H and O–H groups in total. The number of carbonyl (C=O) groups excluding carboxylic acids is 2. The molecule has 0 aliphatic rings. The summed E-state index contributed by atoms with van der Waals surface area (Å²) in [5.74, 6) is -0.981. The Balaban J connectivity index is 1.39. The van der Waals surface area contributed by atoms with Crippen LogP contribution in [-0.2, 0) is 0 Å². The Hall–Kier alpha value is -3.85. The molecule has 144 valence electrons. The van der Waals surface area contributed by atoms with E-state index in [1.54, 1.807) is 35.7 Å². The van der Waals surface area contributed by atoms with Gasteiger partial charge in [0.05, 0.1) is 17.4 Å². The second-order valence-electron chi connectivity index (χ2n) is 5.90. The molecule has 29 heavy (non-hydrogen) atoms. The van der Waals surface area contributed by atoms with E-state index in [0.29, 0.717) is 22.7 Å². The van der Waals surface area contributed by atoms with Crippen molar-refractivity contribution in [2.75, 3.05) is 5.32 Å². The SMILES string of the molecule is O=C(Nc1ccc(OC(=O)c2cn(-c3ccc(F)cc3)nn2)cc1)c1ccsc1. The van der Waals surface area contributed by atoms with E-state index in [2.05, 4.69) is 15.6 Å². The lowest BCUT2D eigenvalue weighted by atomic mass is 10.2. The van der Waals surface area contributed by atoms with Crippen molar-refractivity contribution in [3.05, 3.63) is 88.6 Å². The average molecular weight is 408 g/mol. The molecule has 0 unspecified atom stereocenters. The molecule has 0 aliphatic heterocycles. The number of halogens is 1. The summed E-state index contributed by atoms with van der Waals surface area (Å²) in [6, 6.07) is 13.7. The number of nitrogens with zero attached hydrogens (tertiary/aromatic N) is 3. The molecule has 2 aromatic heterocycles. The van der Waals surface area contributed by atoms with Gasteiger partial charge in [0.2, 0.25) is 0 Å². The first-order valence-electron chi connectivity index (χ1n) is 8.42. The standard InChI is InChI=1S/C20H13FN4O3S/c21-14-1-5-16(6-2-14)25-11-18(23-24-25)20(27)28-17-7-3-15(4-8-17)22-19(26)13-9-10-29-12-13/h1-12H,(H,22,26). The van der Waals surface area contributed by atoms with E-state index in [1.807, 2.05) is 5.38 Å².